The Morgan fingerprint density at radius 1 is 0.912 bits per heavy atom. The number of anilines is 1. The van der Waals surface area contributed by atoms with Crippen molar-refractivity contribution >= 4 is 11.6 Å². The third-order valence-corrected chi connectivity index (χ3v) is 6.93. The molecule has 3 aromatic carbocycles. The summed E-state index contributed by atoms with van der Waals surface area (Å²) >= 11 is 0. The Hall–Kier alpha value is -3.11. The van der Waals surface area contributed by atoms with Crippen molar-refractivity contribution < 1.29 is 9.53 Å². The summed E-state index contributed by atoms with van der Waals surface area (Å²) in [6, 6.07) is 25.1. The number of nitrogens with zero attached hydrogens (tertiary/aromatic N) is 1. The fourth-order valence-corrected chi connectivity index (χ4v) is 4.69. The molecule has 0 aromatic heterocycles. The zero-order valence-electron chi connectivity index (χ0n) is 20.8. The van der Waals surface area contributed by atoms with Crippen LogP contribution < -0.4 is 10.1 Å². The van der Waals surface area contributed by atoms with Crippen molar-refractivity contribution in [3.05, 3.63) is 89.5 Å². The van der Waals surface area contributed by atoms with Crippen molar-refractivity contribution in [2.75, 3.05) is 18.4 Å². The van der Waals surface area contributed by atoms with Gasteiger partial charge >= 0.3 is 0 Å². The number of piperidine rings is 1. The average molecular weight is 457 g/mol. The highest BCUT2D eigenvalue weighted by molar-refractivity contribution is 5.92. The number of ether oxygens (including phenoxy) is 1. The fraction of sp³-hybridized carbons (Fsp3) is 0.367. The molecule has 1 amide bonds. The molecule has 178 valence electrons. The first-order valence-electron chi connectivity index (χ1n) is 12.4. The standard InChI is InChI=1S/C30H36N2O2/c1-21(2)30(33)31-26-13-10-22(3)29(20-26)25-16-18-32(19-17-25)23(4)24-11-14-28(15-12-24)34-27-8-6-5-7-9-27/h5-15,20-21,23,25H,16-19H2,1-4H3,(H,31,33). The number of nitrogens with one attached hydrogen (secondary N) is 1. The molecule has 34 heavy (non-hydrogen) atoms. The van der Waals surface area contributed by atoms with Crippen LogP contribution in [0.2, 0.25) is 0 Å². The van der Waals surface area contributed by atoms with Gasteiger partial charge in [-0.25, -0.2) is 0 Å². The van der Waals surface area contributed by atoms with Crippen LogP contribution in [0.3, 0.4) is 0 Å². The Bertz CT molecular complexity index is 1080. The van der Waals surface area contributed by atoms with E-state index < -0.39 is 0 Å². The van der Waals surface area contributed by atoms with Crippen LogP contribution in [0.25, 0.3) is 0 Å². The van der Waals surface area contributed by atoms with Crippen LogP contribution in [0.5, 0.6) is 11.5 Å². The Morgan fingerprint density at radius 2 is 1.56 bits per heavy atom. The lowest BCUT2D eigenvalue weighted by atomic mass is 9.86. The van der Waals surface area contributed by atoms with E-state index in [1.165, 1.54) is 16.7 Å². The van der Waals surface area contributed by atoms with Gasteiger partial charge in [-0.1, -0.05) is 50.2 Å². The predicted octanol–water partition coefficient (Wildman–Crippen LogP) is 7.32. The van der Waals surface area contributed by atoms with Crippen molar-refractivity contribution in [3.63, 3.8) is 0 Å². The first-order chi connectivity index (χ1) is 16.4. The highest BCUT2D eigenvalue weighted by Gasteiger charge is 2.25. The smallest absolute Gasteiger partial charge is 0.226 e. The van der Waals surface area contributed by atoms with Gasteiger partial charge in [0.2, 0.25) is 5.91 Å². The minimum Gasteiger partial charge on any atom is -0.457 e. The molecule has 1 atom stereocenters. The summed E-state index contributed by atoms with van der Waals surface area (Å²) in [5, 5.41) is 3.06. The Labute approximate surface area is 204 Å². The molecule has 4 heteroatoms. The molecule has 1 aliphatic heterocycles. The van der Waals surface area contributed by atoms with Gasteiger partial charge in [0.15, 0.2) is 0 Å². The third-order valence-electron chi connectivity index (χ3n) is 6.93. The molecule has 0 spiro atoms. The van der Waals surface area contributed by atoms with Gasteiger partial charge in [0.1, 0.15) is 11.5 Å². The summed E-state index contributed by atoms with van der Waals surface area (Å²) in [6.45, 7) is 10.4. The number of para-hydroxylation sites is 1. The van der Waals surface area contributed by atoms with Gasteiger partial charge in [-0.3, -0.25) is 9.69 Å². The molecule has 4 rings (SSSR count). The van der Waals surface area contributed by atoms with Gasteiger partial charge in [0, 0.05) is 17.6 Å². The second-order valence-corrected chi connectivity index (χ2v) is 9.69. The fourth-order valence-electron chi connectivity index (χ4n) is 4.69. The van der Waals surface area contributed by atoms with Crippen LogP contribution in [-0.2, 0) is 4.79 Å². The molecule has 0 saturated carbocycles. The number of hydrogen-bond donors (Lipinski definition) is 1. The van der Waals surface area contributed by atoms with Crippen LogP contribution in [0.1, 0.15) is 62.3 Å². The maximum atomic E-state index is 12.1. The SMILES string of the molecule is Cc1ccc(NC(=O)C(C)C)cc1C1CCN(C(C)c2ccc(Oc3ccccc3)cc2)CC1. The summed E-state index contributed by atoms with van der Waals surface area (Å²) in [5.41, 5.74) is 4.90. The van der Waals surface area contributed by atoms with E-state index in [9.17, 15) is 4.79 Å². The van der Waals surface area contributed by atoms with E-state index in [1.807, 2.05) is 50.2 Å². The minimum absolute atomic E-state index is 0.0200. The minimum atomic E-state index is -0.0200. The Balaban J connectivity index is 1.36. The van der Waals surface area contributed by atoms with Crippen LogP contribution >= 0.6 is 0 Å². The molecular weight excluding hydrogens is 420 g/mol. The second kappa shape index (κ2) is 10.9. The third kappa shape index (κ3) is 5.87. The highest BCUT2D eigenvalue weighted by Crippen LogP contribution is 2.35. The number of rotatable bonds is 7. The van der Waals surface area contributed by atoms with Gasteiger partial charge in [-0.15, -0.1) is 0 Å². The summed E-state index contributed by atoms with van der Waals surface area (Å²) in [7, 11) is 0. The summed E-state index contributed by atoms with van der Waals surface area (Å²) in [5.74, 6) is 2.29. The first-order valence-corrected chi connectivity index (χ1v) is 12.4. The molecule has 1 fully saturated rings. The molecule has 0 aliphatic carbocycles. The lowest BCUT2D eigenvalue weighted by molar-refractivity contribution is -0.118. The van der Waals surface area contributed by atoms with Crippen molar-refractivity contribution in [2.24, 2.45) is 5.92 Å². The molecule has 4 nitrogen and oxygen atoms in total. The van der Waals surface area contributed by atoms with Gasteiger partial charge < -0.3 is 10.1 Å². The zero-order valence-corrected chi connectivity index (χ0v) is 20.8. The molecule has 1 unspecified atom stereocenters. The zero-order chi connectivity index (χ0) is 24.1. The van der Waals surface area contributed by atoms with Gasteiger partial charge in [0.25, 0.3) is 0 Å². The number of aryl methyl sites for hydroxylation is 1. The molecule has 1 N–H and O–H groups in total. The van der Waals surface area contributed by atoms with Crippen LogP contribution in [0.15, 0.2) is 72.8 Å². The number of likely N-dealkylation sites (tertiary alicyclic amines) is 1. The number of amides is 1. The highest BCUT2D eigenvalue weighted by atomic mass is 16.5. The molecular formula is C30H36N2O2. The second-order valence-electron chi connectivity index (χ2n) is 9.69. The number of carbonyl (C=O) groups is 1. The van der Waals surface area contributed by atoms with Crippen molar-refractivity contribution in [3.8, 4) is 11.5 Å². The van der Waals surface area contributed by atoms with E-state index >= 15 is 0 Å². The summed E-state index contributed by atoms with van der Waals surface area (Å²) in [6.07, 6.45) is 2.25. The lowest BCUT2D eigenvalue weighted by Gasteiger charge is -2.37. The molecule has 1 saturated heterocycles. The van der Waals surface area contributed by atoms with Crippen molar-refractivity contribution in [1.29, 1.82) is 0 Å². The maximum Gasteiger partial charge on any atom is 0.226 e. The van der Waals surface area contributed by atoms with Crippen molar-refractivity contribution in [1.82, 2.24) is 4.90 Å². The topological polar surface area (TPSA) is 41.6 Å². The van der Waals surface area contributed by atoms with E-state index in [0.717, 1.165) is 43.1 Å². The largest absolute Gasteiger partial charge is 0.457 e. The summed E-state index contributed by atoms with van der Waals surface area (Å²) < 4.78 is 5.94. The molecule has 0 bridgehead atoms. The molecule has 1 heterocycles. The Morgan fingerprint density at radius 3 is 2.21 bits per heavy atom. The predicted molar refractivity (Wildman–Crippen MR) is 140 cm³/mol. The van der Waals surface area contributed by atoms with Crippen LogP contribution in [0.4, 0.5) is 5.69 Å². The van der Waals surface area contributed by atoms with Crippen LogP contribution in [-0.4, -0.2) is 23.9 Å². The van der Waals surface area contributed by atoms with Gasteiger partial charge in [-0.05, 0) is 98.8 Å². The molecule has 1 aliphatic rings. The quantitative estimate of drug-likeness (QED) is 0.405. The number of benzene rings is 3. The monoisotopic (exact) mass is 456 g/mol. The first kappa shape index (κ1) is 24.0. The number of carbonyl (C=O) groups excluding carboxylic acids is 1. The summed E-state index contributed by atoms with van der Waals surface area (Å²) in [4.78, 5) is 14.7. The van der Waals surface area contributed by atoms with E-state index in [-0.39, 0.29) is 11.8 Å². The lowest BCUT2D eigenvalue weighted by Crippen LogP contribution is -2.35. The Kier molecular flexibility index (Phi) is 7.69. The van der Waals surface area contributed by atoms with Crippen molar-refractivity contribution in [2.45, 2.75) is 52.5 Å². The van der Waals surface area contributed by atoms with E-state index in [1.54, 1.807) is 0 Å². The van der Waals surface area contributed by atoms with Gasteiger partial charge in [0.05, 0.1) is 0 Å². The van der Waals surface area contributed by atoms with E-state index in [4.69, 9.17) is 4.74 Å². The van der Waals surface area contributed by atoms with Crippen LogP contribution in [0, 0.1) is 12.8 Å². The normalized spacial score (nSPS) is 15.8. The van der Waals surface area contributed by atoms with Gasteiger partial charge in [-0.2, -0.15) is 0 Å². The van der Waals surface area contributed by atoms with E-state index in [0.29, 0.717) is 12.0 Å². The molecule has 3 aromatic rings. The average Bonchev–Trinajstić information content (AvgIpc) is 2.86. The maximum absolute atomic E-state index is 12.1. The number of hydrogen-bond acceptors (Lipinski definition) is 3. The van der Waals surface area contributed by atoms with E-state index in [2.05, 4.69) is 60.5 Å². The molecule has 0 radical (unpaired) electrons.